The Morgan fingerprint density at radius 2 is 2.19 bits per heavy atom. The van der Waals surface area contributed by atoms with Crippen molar-refractivity contribution in [2.75, 3.05) is 13.1 Å². The van der Waals surface area contributed by atoms with Crippen molar-refractivity contribution in [3.8, 4) is 0 Å². The molecule has 1 aromatic carbocycles. The van der Waals surface area contributed by atoms with Crippen molar-refractivity contribution in [1.29, 1.82) is 0 Å². The third-order valence-electron chi connectivity index (χ3n) is 3.31. The van der Waals surface area contributed by atoms with E-state index in [1.165, 1.54) is 11.0 Å². The number of carbonyl (C=O) groups excluding carboxylic acids is 2. The summed E-state index contributed by atoms with van der Waals surface area (Å²) >= 11 is 0. The van der Waals surface area contributed by atoms with Gasteiger partial charge in [0.25, 0.3) is 5.91 Å². The second kappa shape index (κ2) is 6.21. The SMILES string of the molecule is CC1C(=O)NCCN1C(=O)c1cccc(C=CC(=O)O)c1. The summed E-state index contributed by atoms with van der Waals surface area (Å²) in [5.41, 5.74) is 1.06. The number of hydrogen-bond donors (Lipinski definition) is 2. The Bertz CT molecular complexity index is 609. The van der Waals surface area contributed by atoms with Gasteiger partial charge in [-0.3, -0.25) is 9.59 Å². The van der Waals surface area contributed by atoms with Gasteiger partial charge in [-0.15, -0.1) is 0 Å². The number of rotatable bonds is 3. The average molecular weight is 288 g/mol. The van der Waals surface area contributed by atoms with E-state index >= 15 is 0 Å². The summed E-state index contributed by atoms with van der Waals surface area (Å²) in [7, 11) is 0. The monoisotopic (exact) mass is 288 g/mol. The topological polar surface area (TPSA) is 86.7 Å². The van der Waals surface area contributed by atoms with E-state index in [4.69, 9.17) is 5.11 Å². The van der Waals surface area contributed by atoms with E-state index in [2.05, 4.69) is 5.32 Å². The van der Waals surface area contributed by atoms with Gasteiger partial charge in [-0.25, -0.2) is 4.79 Å². The maximum atomic E-state index is 12.5. The molecule has 1 aromatic rings. The van der Waals surface area contributed by atoms with Crippen LogP contribution in [0.1, 0.15) is 22.8 Å². The quantitative estimate of drug-likeness (QED) is 0.803. The summed E-state index contributed by atoms with van der Waals surface area (Å²) < 4.78 is 0. The van der Waals surface area contributed by atoms with Gasteiger partial charge in [-0.2, -0.15) is 0 Å². The minimum atomic E-state index is -1.05. The molecule has 1 aliphatic rings. The normalized spacial score (nSPS) is 18.6. The van der Waals surface area contributed by atoms with Crippen LogP contribution in [0.15, 0.2) is 30.3 Å². The van der Waals surface area contributed by atoms with E-state index in [0.29, 0.717) is 24.2 Å². The van der Waals surface area contributed by atoms with Gasteiger partial charge in [0.15, 0.2) is 0 Å². The third-order valence-corrected chi connectivity index (χ3v) is 3.31. The van der Waals surface area contributed by atoms with Crippen molar-refractivity contribution >= 4 is 23.9 Å². The minimum Gasteiger partial charge on any atom is -0.478 e. The van der Waals surface area contributed by atoms with Gasteiger partial charge < -0.3 is 15.3 Å². The summed E-state index contributed by atoms with van der Waals surface area (Å²) in [6.07, 6.45) is 2.44. The van der Waals surface area contributed by atoms with Gasteiger partial charge in [0.2, 0.25) is 5.91 Å². The fourth-order valence-corrected chi connectivity index (χ4v) is 2.17. The highest BCUT2D eigenvalue weighted by molar-refractivity contribution is 5.98. The van der Waals surface area contributed by atoms with Gasteiger partial charge in [0, 0.05) is 24.7 Å². The molecule has 0 aliphatic carbocycles. The first-order chi connectivity index (χ1) is 9.99. The van der Waals surface area contributed by atoms with Crippen molar-refractivity contribution in [1.82, 2.24) is 10.2 Å². The number of carboxylic acids is 1. The van der Waals surface area contributed by atoms with E-state index < -0.39 is 12.0 Å². The van der Waals surface area contributed by atoms with Crippen LogP contribution < -0.4 is 5.32 Å². The first-order valence-electron chi connectivity index (χ1n) is 6.59. The zero-order valence-corrected chi connectivity index (χ0v) is 11.6. The Balaban J connectivity index is 2.21. The molecule has 21 heavy (non-hydrogen) atoms. The van der Waals surface area contributed by atoms with E-state index in [1.807, 2.05) is 0 Å². The predicted octanol–water partition coefficient (Wildman–Crippen LogP) is 0.745. The molecule has 6 heteroatoms. The fourth-order valence-electron chi connectivity index (χ4n) is 2.17. The highest BCUT2D eigenvalue weighted by atomic mass is 16.4. The maximum absolute atomic E-state index is 12.5. The Kier molecular flexibility index (Phi) is 4.37. The van der Waals surface area contributed by atoms with Gasteiger partial charge in [0.1, 0.15) is 6.04 Å². The molecule has 0 radical (unpaired) electrons. The molecule has 1 atom stereocenters. The predicted molar refractivity (Wildman–Crippen MR) is 76.6 cm³/mol. The molecule has 1 heterocycles. The second-order valence-corrected chi connectivity index (χ2v) is 4.76. The summed E-state index contributed by atoms with van der Waals surface area (Å²) in [6, 6.07) is 6.15. The van der Waals surface area contributed by atoms with Crippen LogP contribution in [0, 0.1) is 0 Å². The standard InChI is InChI=1S/C15H16N2O4/c1-10-14(20)16-7-8-17(10)15(21)12-4-2-3-11(9-12)5-6-13(18)19/h2-6,9-10H,7-8H2,1H3,(H,16,20)(H,18,19). The van der Waals surface area contributed by atoms with E-state index in [-0.39, 0.29) is 11.8 Å². The Hall–Kier alpha value is -2.63. The van der Waals surface area contributed by atoms with Crippen molar-refractivity contribution in [2.24, 2.45) is 0 Å². The number of nitrogens with one attached hydrogen (secondary N) is 1. The Labute approximate surface area is 122 Å². The molecule has 0 bridgehead atoms. The smallest absolute Gasteiger partial charge is 0.328 e. The Morgan fingerprint density at radius 3 is 2.90 bits per heavy atom. The largest absolute Gasteiger partial charge is 0.478 e. The fraction of sp³-hybridized carbons (Fsp3) is 0.267. The molecule has 1 saturated heterocycles. The van der Waals surface area contributed by atoms with Crippen molar-refractivity contribution in [3.63, 3.8) is 0 Å². The highest BCUT2D eigenvalue weighted by Gasteiger charge is 2.29. The van der Waals surface area contributed by atoms with Crippen molar-refractivity contribution < 1.29 is 19.5 Å². The lowest BCUT2D eigenvalue weighted by Crippen LogP contribution is -2.55. The molecule has 1 fully saturated rings. The highest BCUT2D eigenvalue weighted by Crippen LogP contribution is 2.13. The molecule has 0 spiro atoms. The molecule has 0 saturated carbocycles. The van der Waals surface area contributed by atoms with Crippen molar-refractivity contribution in [3.05, 3.63) is 41.5 Å². The molecular weight excluding hydrogens is 272 g/mol. The van der Waals surface area contributed by atoms with Crippen LogP contribution in [0.5, 0.6) is 0 Å². The first kappa shape index (κ1) is 14.8. The molecule has 2 amide bonds. The third kappa shape index (κ3) is 3.47. The van der Waals surface area contributed by atoms with Crippen LogP contribution in [0.25, 0.3) is 6.08 Å². The summed E-state index contributed by atoms with van der Waals surface area (Å²) in [5.74, 6) is -1.45. The number of amides is 2. The van der Waals surface area contributed by atoms with Crippen LogP contribution >= 0.6 is 0 Å². The lowest BCUT2D eigenvalue weighted by molar-refractivity contribution is -0.131. The average Bonchev–Trinajstić information content (AvgIpc) is 2.47. The van der Waals surface area contributed by atoms with Gasteiger partial charge >= 0.3 is 5.97 Å². The minimum absolute atomic E-state index is 0.170. The van der Waals surface area contributed by atoms with E-state index in [9.17, 15) is 14.4 Å². The molecule has 1 aliphatic heterocycles. The van der Waals surface area contributed by atoms with E-state index in [1.54, 1.807) is 31.2 Å². The van der Waals surface area contributed by atoms with Gasteiger partial charge in [-0.1, -0.05) is 12.1 Å². The number of piperazine rings is 1. The number of benzene rings is 1. The number of hydrogen-bond acceptors (Lipinski definition) is 3. The number of nitrogens with zero attached hydrogens (tertiary/aromatic N) is 1. The van der Waals surface area contributed by atoms with Crippen molar-refractivity contribution in [2.45, 2.75) is 13.0 Å². The molecule has 6 nitrogen and oxygen atoms in total. The maximum Gasteiger partial charge on any atom is 0.328 e. The molecule has 0 aromatic heterocycles. The lowest BCUT2D eigenvalue weighted by Gasteiger charge is -2.32. The van der Waals surface area contributed by atoms with E-state index in [0.717, 1.165) is 6.08 Å². The summed E-state index contributed by atoms with van der Waals surface area (Å²) in [4.78, 5) is 36.1. The Morgan fingerprint density at radius 1 is 1.43 bits per heavy atom. The molecule has 2 N–H and O–H groups in total. The number of carboxylic acid groups (broad SMARTS) is 1. The molecule has 1 unspecified atom stereocenters. The zero-order chi connectivity index (χ0) is 15.4. The van der Waals surface area contributed by atoms with Crippen LogP contribution in [0.3, 0.4) is 0 Å². The second-order valence-electron chi connectivity index (χ2n) is 4.76. The van der Waals surface area contributed by atoms with Crippen LogP contribution in [-0.2, 0) is 9.59 Å². The summed E-state index contributed by atoms with van der Waals surface area (Å²) in [6.45, 7) is 2.58. The number of aliphatic carboxylic acids is 1. The van der Waals surface area contributed by atoms with Crippen LogP contribution in [-0.4, -0.2) is 46.9 Å². The lowest BCUT2D eigenvalue weighted by atomic mass is 10.1. The molecule has 2 rings (SSSR count). The zero-order valence-electron chi connectivity index (χ0n) is 11.6. The number of carbonyl (C=O) groups is 3. The van der Waals surface area contributed by atoms with Gasteiger partial charge in [-0.05, 0) is 30.7 Å². The molecular formula is C15H16N2O4. The van der Waals surface area contributed by atoms with Crippen LogP contribution in [0.4, 0.5) is 0 Å². The molecule has 110 valence electrons. The summed E-state index contributed by atoms with van der Waals surface area (Å²) in [5, 5.41) is 11.3. The first-order valence-corrected chi connectivity index (χ1v) is 6.59. The van der Waals surface area contributed by atoms with Gasteiger partial charge in [0.05, 0.1) is 0 Å². The van der Waals surface area contributed by atoms with Crippen LogP contribution in [0.2, 0.25) is 0 Å².